The van der Waals surface area contributed by atoms with Gasteiger partial charge in [-0.25, -0.2) is 9.78 Å². The molecule has 1 N–H and O–H groups in total. The topological polar surface area (TPSA) is 55.1 Å². The predicted octanol–water partition coefficient (Wildman–Crippen LogP) is 3.71. The van der Waals surface area contributed by atoms with Crippen molar-refractivity contribution >= 4 is 28.3 Å². The highest BCUT2D eigenvalue weighted by atomic mass is 32.1. The molecule has 0 radical (unpaired) electrons. The molecule has 0 aliphatic heterocycles. The number of nitrogens with zero attached hydrogens (tertiary/aromatic N) is 2. The van der Waals surface area contributed by atoms with E-state index in [1.807, 2.05) is 22.9 Å². The fraction of sp³-hybridized carbons (Fsp3) is 0.200. The molecule has 1 unspecified atom stereocenters. The van der Waals surface area contributed by atoms with E-state index < -0.39 is 5.97 Å². The van der Waals surface area contributed by atoms with Gasteiger partial charge in [-0.3, -0.25) is 0 Å². The van der Waals surface area contributed by atoms with Crippen LogP contribution in [0.15, 0.2) is 35.0 Å². The van der Waals surface area contributed by atoms with E-state index in [0.717, 1.165) is 16.9 Å². The Morgan fingerprint density at radius 1 is 1.40 bits per heavy atom. The highest BCUT2D eigenvalue weighted by Gasteiger charge is 2.20. The molecule has 0 aliphatic carbocycles. The summed E-state index contributed by atoms with van der Waals surface area (Å²) in [4.78, 5) is 15.9. The van der Waals surface area contributed by atoms with Gasteiger partial charge in [0, 0.05) is 0 Å². The SMILES string of the molecule is Cc1nc2cccc(C(=O)O)c2n1C(C)c1ccsc1. The average molecular weight is 286 g/mol. The minimum atomic E-state index is -0.922. The quantitative estimate of drug-likeness (QED) is 0.798. The van der Waals surface area contributed by atoms with Crippen LogP contribution in [-0.2, 0) is 0 Å². The number of aryl methyl sites for hydroxylation is 1. The van der Waals surface area contributed by atoms with Crippen LogP contribution < -0.4 is 0 Å². The number of rotatable bonds is 3. The summed E-state index contributed by atoms with van der Waals surface area (Å²) in [5.41, 5.74) is 2.88. The van der Waals surface area contributed by atoms with E-state index in [1.54, 1.807) is 23.5 Å². The standard InChI is InChI=1S/C15H14N2O2S/c1-9(11-6-7-20-8-11)17-10(2)16-13-5-3-4-12(14(13)17)15(18)19/h3-9H,1-2H3,(H,18,19). The third kappa shape index (κ3) is 1.91. The number of hydrogen-bond donors (Lipinski definition) is 1. The van der Waals surface area contributed by atoms with Gasteiger partial charge in [0.1, 0.15) is 5.82 Å². The Morgan fingerprint density at radius 2 is 2.20 bits per heavy atom. The van der Waals surface area contributed by atoms with Crippen molar-refractivity contribution in [2.75, 3.05) is 0 Å². The van der Waals surface area contributed by atoms with Crippen molar-refractivity contribution in [3.8, 4) is 0 Å². The molecule has 2 aromatic heterocycles. The highest BCUT2D eigenvalue weighted by Crippen LogP contribution is 2.29. The maximum Gasteiger partial charge on any atom is 0.337 e. The first kappa shape index (κ1) is 12.9. The first-order valence-electron chi connectivity index (χ1n) is 6.32. The lowest BCUT2D eigenvalue weighted by atomic mass is 10.1. The molecular weight excluding hydrogens is 272 g/mol. The van der Waals surface area contributed by atoms with Crippen LogP contribution in [0.1, 0.15) is 34.7 Å². The van der Waals surface area contributed by atoms with Crippen LogP contribution >= 0.6 is 11.3 Å². The van der Waals surface area contributed by atoms with Crippen LogP contribution in [0.25, 0.3) is 11.0 Å². The van der Waals surface area contributed by atoms with Gasteiger partial charge in [0.05, 0.1) is 22.6 Å². The normalized spacial score (nSPS) is 12.7. The van der Waals surface area contributed by atoms with Crippen LogP contribution in [0.2, 0.25) is 0 Å². The van der Waals surface area contributed by atoms with Gasteiger partial charge in [-0.05, 0) is 48.4 Å². The molecule has 3 aromatic rings. The number of aromatic carboxylic acids is 1. The Hall–Kier alpha value is -2.14. The Labute approximate surface area is 120 Å². The van der Waals surface area contributed by atoms with Gasteiger partial charge in [-0.2, -0.15) is 11.3 Å². The predicted molar refractivity (Wildman–Crippen MR) is 79.6 cm³/mol. The van der Waals surface area contributed by atoms with Crippen LogP contribution in [0.4, 0.5) is 0 Å². The monoisotopic (exact) mass is 286 g/mol. The van der Waals surface area contributed by atoms with E-state index in [0.29, 0.717) is 11.1 Å². The van der Waals surface area contributed by atoms with E-state index in [2.05, 4.69) is 23.4 Å². The molecule has 0 aliphatic rings. The van der Waals surface area contributed by atoms with Gasteiger partial charge >= 0.3 is 5.97 Å². The maximum absolute atomic E-state index is 11.4. The van der Waals surface area contributed by atoms with Crippen molar-refractivity contribution in [2.45, 2.75) is 19.9 Å². The molecule has 0 fully saturated rings. The van der Waals surface area contributed by atoms with Crippen LogP contribution in [-0.4, -0.2) is 20.6 Å². The molecule has 20 heavy (non-hydrogen) atoms. The Kier molecular flexibility index (Phi) is 3.06. The zero-order chi connectivity index (χ0) is 14.3. The maximum atomic E-state index is 11.4. The number of aromatic nitrogens is 2. The van der Waals surface area contributed by atoms with Gasteiger partial charge in [0.15, 0.2) is 0 Å². The molecule has 0 saturated heterocycles. The molecule has 102 valence electrons. The molecule has 0 bridgehead atoms. The summed E-state index contributed by atoms with van der Waals surface area (Å²) in [6, 6.07) is 7.34. The third-order valence-electron chi connectivity index (χ3n) is 3.53. The molecule has 3 rings (SSSR count). The van der Waals surface area contributed by atoms with E-state index in [-0.39, 0.29) is 6.04 Å². The Balaban J connectivity index is 2.29. The number of carbonyl (C=O) groups is 1. The second-order valence-electron chi connectivity index (χ2n) is 4.74. The van der Waals surface area contributed by atoms with Crippen molar-refractivity contribution in [1.29, 1.82) is 0 Å². The molecule has 2 heterocycles. The number of imidazole rings is 1. The number of benzene rings is 1. The van der Waals surface area contributed by atoms with Crippen LogP contribution in [0.5, 0.6) is 0 Å². The van der Waals surface area contributed by atoms with Gasteiger partial charge in [0.2, 0.25) is 0 Å². The van der Waals surface area contributed by atoms with E-state index in [9.17, 15) is 9.90 Å². The van der Waals surface area contributed by atoms with Gasteiger partial charge in [0.25, 0.3) is 0 Å². The number of hydrogen-bond acceptors (Lipinski definition) is 3. The fourth-order valence-electron chi connectivity index (χ4n) is 2.57. The van der Waals surface area contributed by atoms with Gasteiger partial charge in [-0.1, -0.05) is 6.07 Å². The lowest BCUT2D eigenvalue weighted by Crippen LogP contribution is -2.10. The average Bonchev–Trinajstić information content (AvgIpc) is 3.03. The Bertz CT molecular complexity index is 775. The lowest BCUT2D eigenvalue weighted by molar-refractivity contribution is 0.0698. The molecular formula is C15H14N2O2S. The van der Waals surface area contributed by atoms with Crippen molar-refractivity contribution in [3.05, 3.63) is 52.0 Å². The number of carboxylic acid groups (broad SMARTS) is 1. The van der Waals surface area contributed by atoms with Gasteiger partial charge in [-0.15, -0.1) is 0 Å². The van der Waals surface area contributed by atoms with Crippen molar-refractivity contribution in [2.24, 2.45) is 0 Å². The van der Waals surface area contributed by atoms with Crippen molar-refractivity contribution in [1.82, 2.24) is 9.55 Å². The van der Waals surface area contributed by atoms with E-state index in [4.69, 9.17) is 0 Å². The summed E-state index contributed by atoms with van der Waals surface area (Å²) in [6.45, 7) is 3.98. The fourth-order valence-corrected chi connectivity index (χ4v) is 3.32. The van der Waals surface area contributed by atoms with Crippen molar-refractivity contribution < 1.29 is 9.90 Å². The molecule has 0 spiro atoms. The first-order valence-corrected chi connectivity index (χ1v) is 7.27. The first-order chi connectivity index (χ1) is 9.59. The smallest absolute Gasteiger partial charge is 0.337 e. The van der Waals surface area contributed by atoms with Crippen LogP contribution in [0, 0.1) is 6.92 Å². The molecule has 0 saturated carbocycles. The Morgan fingerprint density at radius 3 is 2.85 bits per heavy atom. The molecule has 4 nitrogen and oxygen atoms in total. The summed E-state index contributed by atoms with van der Waals surface area (Å²) in [5.74, 6) is -0.0957. The van der Waals surface area contributed by atoms with E-state index in [1.165, 1.54) is 0 Å². The molecule has 1 atom stereocenters. The molecule has 5 heteroatoms. The zero-order valence-electron chi connectivity index (χ0n) is 11.2. The molecule has 1 aromatic carbocycles. The van der Waals surface area contributed by atoms with Crippen molar-refractivity contribution in [3.63, 3.8) is 0 Å². The summed E-state index contributed by atoms with van der Waals surface area (Å²) < 4.78 is 2.00. The van der Waals surface area contributed by atoms with Crippen LogP contribution in [0.3, 0.4) is 0 Å². The number of carboxylic acids is 1. The highest BCUT2D eigenvalue weighted by molar-refractivity contribution is 7.07. The van der Waals surface area contributed by atoms with Gasteiger partial charge < -0.3 is 9.67 Å². The number of fused-ring (bicyclic) bond motifs is 1. The second-order valence-corrected chi connectivity index (χ2v) is 5.52. The second kappa shape index (κ2) is 4.76. The minimum Gasteiger partial charge on any atom is -0.478 e. The zero-order valence-corrected chi connectivity index (χ0v) is 12.0. The van der Waals surface area contributed by atoms with E-state index >= 15 is 0 Å². The largest absolute Gasteiger partial charge is 0.478 e. The minimum absolute atomic E-state index is 0.0618. The summed E-state index contributed by atoms with van der Waals surface area (Å²) in [7, 11) is 0. The molecule has 0 amide bonds. The number of para-hydroxylation sites is 1. The lowest BCUT2D eigenvalue weighted by Gasteiger charge is -2.16. The third-order valence-corrected chi connectivity index (χ3v) is 4.23. The summed E-state index contributed by atoms with van der Waals surface area (Å²) in [6.07, 6.45) is 0. The summed E-state index contributed by atoms with van der Waals surface area (Å²) in [5, 5.41) is 13.5. The summed E-state index contributed by atoms with van der Waals surface area (Å²) >= 11 is 1.64. The number of thiophene rings is 1.